The zero-order valence-corrected chi connectivity index (χ0v) is 22.1. The maximum absolute atomic E-state index is 14.4. The molecule has 2 aliphatic heterocycles. The van der Waals surface area contributed by atoms with Crippen LogP contribution in [0, 0.1) is 11.6 Å². The lowest BCUT2D eigenvalue weighted by atomic mass is 9.93. The molecule has 0 radical (unpaired) electrons. The number of carbonyl (C=O) groups is 3. The highest BCUT2D eigenvalue weighted by Gasteiger charge is 2.50. The molecule has 0 saturated carbocycles. The number of pyridine rings is 1. The number of nitrogens with one attached hydrogen (secondary N) is 3. The average Bonchev–Trinajstić information content (AvgIpc) is 3.64. The molecule has 0 fully saturated rings. The molecule has 14 heteroatoms. The van der Waals surface area contributed by atoms with Crippen LogP contribution in [0.25, 0.3) is 16.8 Å². The topological polar surface area (TPSA) is 117 Å². The van der Waals surface area contributed by atoms with Crippen LogP contribution in [0.1, 0.15) is 43.4 Å². The summed E-state index contributed by atoms with van der Waals surface area (Å²) in [5.41, 5.74) is -0.00117. The summed E-state index contributed by atoms with van der Waals surface area (Å²) in [6, 6.07) is 10.2. The average molecular weight is 607 g/mol. The van der Waals surface area contributed by atoms with Crippen molar-refractivity contribution in [2.75, 3.05) is 10.6 Å². The zero-order chi connectivity index (χ0) is 30.2. The van der Waals surface area contributed by atoms with Gasteiger partial charge in [0.1, 0.15) is 18.0 Å². The van der Waals surface area contributed by atoms with E-state index >= 15 is 0 Å². The number of benzene rings is 3. The molecule has 214 valence electrons. The fraction of sp³-hybridized carbons (Fsp3) is 0.0690. The van der Waals surface area contributed by atoms with Crippen molar-refractivity contribution in [2.45, 2.75) is 12.0 Å². The predicted octanol–water partition coefficient (Wildman–Crippen LogP) is 5.46. The van der Waals surface area contributed by atoms with Crippen molar-refractivity contribution in [1.82, 2.24) is 19.9 Å². The molecule has 7 rings (SSSR count). The molecular formula is C29H15ClF4N6O3. The van der Waals surface area contributed by atoms with E-state index in [1.165, 1.54) is 23.0 Å². The first-order chi connectivity index (χ1) is 20.5. The van der Waals surface area contributed by atoms with E-state index in [0.717, 1.165) is 12.1 Å². The molecule has 9 nitrogen and oxygen atoms in total. The Labute approximate surface area is 243 Å². The second kappa shape index (κ2) is 9.36. The molecule has 4 heterocycles. The number of carbonyl (C=O) groups excluding carboxylic acids is 3. The Morgan fingerprint density at radius 3 is 2.63 bits per heavy atom. The van der Waals surface area contributed by atoms with Gasteiger partial charge in [-0.25, -0.2) is 18.3 Å². The van der Waals surface area contributed by atoms with Gasteiger partial charge in [0.25, 0.3) is 17.7 Å². The van der Waals surface area contributed by atoms with E-state index in [2.05, 4.69) is 20.7 Å². The first-order valence-electron chi connectivity index (χ1n) is 12.6. The normalized spacial score (nSPS) is 16.5. The number of alkyl halides is 2. The third-order valence-corrected chi connectivity index (χ3v) is 7.67. The highest BCUT2D eigenvalue weighted by molar-refractivity contribution is 6.31. The molecule has 0 bridgehead atoms. The summed E-state index contributed by atoms with van der Waals surface area (Å²) in [4.78, 5) is 42.8. The van der Waals surface area contributed by atoms with E-state index in [4.69, 9.17) is 11.6 Å². The summed E-state index contributed by atoms with van der Waals surface area (Å²) in [6.07, 6.45) is 2.99. The molecule has 3 aromatic carbocycles. The number of amides is 3. The van der Waals surface area contributed by atoms with Crippen LogP contribution >= 0.6 is 11.6 Å². The Balaban J connectivity index is 1.40. The van der Waals surface area contributed by atoms with E-state index in [9.17, 15) is 31.9 Å². The van der Waals surface area contributed by atoms with Crippen LogP contribution in [0.3, 0.4) is 0 Å². The van der Waals surface area contributed by atoms with Gasteiger partial charge in [-0.05, 0) is 60.2 Å². The summed E-state index contributed by atoms with van der Waals surface area (Å²) in [5, 5.41) is 11.5. The van der Waals surface area contributed by atoms with Gasteiger partial charge in [0.2, 0.25) is 0 Å². The van der Waals surface area contributed by atoms with Crippen molar-refractivity contribution >= 4 is 46.3 Å². The molecule has 0 aliphatic carbocycles. The first kappa shape index (κ1) is 26.6. The summed E-state index contributed by atoms with van der Waals surface area (Å²) >= 11 is 6.36. The van der Waals surface area contributed by atoms with Gasteiger partial charge in [-0.15, -0.1) is 0 Å². The highest BCUT2D eigenvalue weighted by Crippen LogP contribution is 2.44. The van der Waals surface area contributed by atoms with Crippen molar-refractivity contribution in [2.24, 2.45) is 0 Å². The Kier molecular flexibility index (Phi) is 5.79. The first-order valence-corrected chi connectivity index (χ1v) is 13.0. The minimum absolute atomic E-state index is 0.0222. The lowest BCUT2D eigenvalue weighted by Crippen LogP contribution is -2.23. The SMILES string of the molecule is O=C(Nc1cc(-c2ccc3ncnn3c2)cc2c1C(c1cc(F)ccc1Cl)NC2=O)c1cc(F)cc2c1NC(=O)C2(F)F. The summed E-state index contributed by atoms with van der Waals surface area (Å²) < 4.78 is 59.1. The lowest BCUT2D eigenvalue weighted by Gasteiger charge is -2.19. The van der Waals surface area contributed by atoms with Crippen molar-refractivity contribution in [3.8, 4) is 11.1 Å². The highest BCUT2D eigenvalue weighted by atomic mass is 35.5. The van der Waals surface area contributed by atoms with Gasteiger partial charge in [0.15, 0.2) is 5.65 Å². The Morgan fingerprint density at radius 1 is 1.00 bits per heavy atom. The van der Waals surface area contributed by atoms with Crippen LogP contribution in [0.4, 0.5) is 28.9 Å². The number of aromatic nitrogens is 3. The van der Waals surface area contributed by atoms with E-state index in [1.807, 2.05) is 5.32 Å². The molecule has 3 amide bonds. The zero-order valence-electron chi connectivity index (χ0n) is 21.4. The van der Waals surface area contributed by atoms with Gasteiger partial charge >= 0.3 is 5.92 Å². The molecule has 3 N–H and O–H groups in total. The van der Waals surface area contributed by atoms with Crippen LogP contribution in [0.15, 0.2) is 67.1 Å². The van der Waals surface area contributed by atoms with Gasteiger partial charge in [-0.1, -0.05) is 11.6 Å². The number of fused-ring (bicyclic) bond motifs is 3. The van der Waals surface area contributed by atoms with Crippen LogP contribution < -0.4 is 16.0 Å². The third-order valence-electron chi connectivity index (χ3n) is 7.32. The molecule has 2 aromatic heterocycles. The number of rotatable bonds is 4. The fourth-order valence-electron chi connectivity index (χ4n) is 5.33. The van der Waals surface area contributed by atoms with E-state index < -0.39 is 58.1 Å². The second-order valence-electron chi connectivity index (χ2n) is 9.90. The van der Waals surface area contributed by atoms with Crippen LogP contribution in [-0.2, 0) is 10.7 Å². The standard InChI is InChI=1S/C29H15ClF4N6O3/c30-20-3-2-14(31)7-16(20)25-23-17(26(41)38-25)5-13(12-1-4-22-35-11-36-40(22)10-12)6-21(23)37-27(42)18-8-15(32)9-19-24(18)39-28(43)29(19,33)34/h1-11,25H,(H,37,42)(H,38,41)(H,39,43). The van der Waals surface area contributed by atoms with Gasteiger partial charge in [-0.3, -0.25) is 14.4 Å². The van der Waals surface area contributed by atoms with Crippen LogP contribution in [0.5, 0.6) is 0 Å². The molecule has 1 unspecified atom stereocenters. The van der Waals surface area contributed by atoms with Gasteiger partial charge < -0.3 is 16.0 Å². The smallest absolute Gasteiger partial charge is 0.341 e. The number of anilines is 2. The molecule has 1 atom stereocenters. The van der Waals surface area contributed by atoms with Gasteiger partial charge in [0, 0.05) is 39.2 Å². The molecular weight excluding hydrogens is 592 g/mol. The maximum atomic E-state index is 14.4. The van der Waals surface area contributed by atoms with Crippen molar-refractivity contribution in [1.29, 1.82) is 0 Å². The van der Waals surface area contributed by atoms with E-state index in [1.54, 1.807) is 24.4 Å². The molecule has 0 spiro atoms. The Hall–Kier alpha value is -5.30. The van der Waals surface area contributed by atoms with E-state index in [0.29, 0.717) is 28.9 Å². The van der Waals surface area contributed by atoms with Gasteiger partial charge in [0.05, 0.1) is 22.9 Å². The van der Waals surface area contributed by atoms with E-state index in [-0.39, 0.29) is 27.4 Å². The summed E-state index contributed by atoms with van der Waals surface area (Å²) in [6.45, 7) is 0. The van der Waals surface area contributed by atoms with Crippen LogP contribution in [-0.4, -0.2) is 32.3 Å². The molecule has 43 heavy (non-hydrogen) atoms. The molecule has 2 aliphatic rings. The fourth-order valence-corrected chi connectivity index (χ4v) is 5.56. The van der Waals surface area contributed by atoms with Crippen molar-refractivity contribution in [3.63, 3.8) is 0 Å². The molecule has 0 saturated heterocycles. The third kappa shape index (κ3) is 4.19. The number of halogens is 5. The molecule has 5 aromatic rings. The maximum Gasteiger partial charge on any atom is 0.352 e. The van der Waals surface area contributed by atoms with Crippen molar-refractivity contribution in [3.05, 3.63) is 112 Å². The Morgan fingerprint density at radius 2 is 1.81 bits per heavy atom. The minimum atomic E-state index is -4.05. The predicted molar refractivity (Wildman–Crippen MR) is 146 cm³/mol. The quantitative estimate of drug-likeness (QED) is 0.235. The van der Waals surface area contributed by atoms with Crippen molar-refractivity contribution < 1.29 is 31.9 Å². The number of hydrogen-bond donors (Lipinski definition) is 3. The summed E-state index contributed by atoms with van der Waals surface area (Å²) in [7, 11) is 0. The lowest BCUT2D eigenvalue weighted by molar-refractivity contribution is -0.139. The Bertz CT molecular complexity index is 2060. The minimum Gasteiger partial charge on any atom is -0.341 e. The number of nitrogens with zero attached hydrogens (tertiary/aromatic N) is 3. The van der Waals surface area contributed by atoms with Crippen LogP contribution in [0.2, 0.25) is 5.02 Å². The van der Waals surface area contributed by atoms with Gasteiger partial charge in [-0.2, -0.15) is 13.9 Å². The number of hydrogen-bond acceptors (Lipinski definition) is 5. The second-order valence-corrected chi connectivity index (χ2v) is 10.3. The summed E-state index contributed by atoms with van der Waals surface area (Å²) in [5.74, 6) is -9.16. The largest absolute Gasteiger partial charge is 0.352 e. The monoisotopic (exact) mass is 606 g/mol.